The molecule has 1 saturated carbocycles. The Morgan fingerprint density at radius 2 is 2.00 bits per heavy atom. The zero-order valence-electron chi connectivity index (χ0n) is 9.87. The van der Waals surface area contributed by atoms with Crippen molar-refractivity contribution in [1.82, 2.24) is 4.90 Å². The lowest BCUT2D eigenvalue weighted by molar-refractivity contribution is -0.123. The maximum atomic E-state index is 12.1. The topological polar surface area (TPSA) is 40.5 Å². The highest BCUT2D eigenvalue weighted by molar-refractivity contribution is 6.03. The Morgan fingerprint density at radius 3 is 2.47 bits per heavy atom. The Hall–Kier alpha value is -0.670. The lowest BCUT2D eigenvalue weighted by atomic mass is 9.83. The molecule has 3 atom stereocenters. The standard InChI is InChI=1S/C12H19NO2/c1-7-8(2)12(13(3)4)6-5-9(14)10(12)11(7)15/h9-10,14H,5-6H2,1-4H3/t9-,10?,12-/m1/s1. The average Bonchev–Trinajstić information content (AvgIpc) is 2.61. The number of Topliss-reactive ketones (excluding diaryl/α,β-unsaturated/α-hetero) is 1. The zero-order chi connectivity index (χ0) is 11.4. The zero-order valence-corrected chi connectivity index (χ0v) is 9.87. The molecule has 2 aliphatic rings. The fraction of sp³-hybridized carbons (Fsp3) is 0.750. The molecule has 15 heavy (non-hydrogen) atoms. The highest BCUT2D eigenvalue weighted by Gasteiger charge is 2.58. The number of nitrogens with zero attached hydrogens (tertiary/aromatic N) is 1. The van der Waals surface area contributed by atoms with Gasteiger partial charge in [-0.25, -0.2) is 0 Å². The second-order valence-corrected chi connectivity index (χ2v) is 5.02. The molecule has 1 fully saturated rings. The number of hydrogen-bond donors (Lipinski definition) is 1. The Balaban J connectivity index is 2.55. The summed E-state index contributed by atoms with van der Waals surface area (Å²) in [7, 11) is 4.00. The predicted octanol–water partition coefficient (Wildman–Crippen LogP) is 0.977. The highest BCUT2D eigenvalue weighted by Crippen LogP contribution is 2.51. The molecule has 2 aliphatic carbocycles. The van der Waals surface area contributed by atoms with E-state index in [0.717, 1.165) is 24.0 Å². The Morgan fingerprint density at radius 1 is 1.40 bits per heavy atom. The SMILES string of the molecule is CC1=C(C)[C@]2(N(C)C)CC[C@@H](O)C2C1=O. The van der Waals surface area contributed by atoms with Gasteiger partial charge in [0.15, 0.2) is 5.78 Å². The van der Waals surface area contributed by atoms with E-state index in [2.05, 4.69) is 4.90 Å². The van der Waals surface area contributed by atoms with E-state index < -0.39 is 6.10 Å². The minimum Gasteiger partial charge on any atom is -0.392 e. The molecule has 0 aromatic heterocycles. The third kappa shape index (κ3) is 1.11. The largest absolute Gasteiger partial charge is 0.392 e. The lowest BCUT2D eigenvalue weighted by Crippen LogP contribution is -2.49. The van der Waals surface area contributed by atoms with Crippen LogP contribution in [0.15, 0.2) is 11.1 Å². The van der Waals surface area contributed by atoms with Crippen molar-refractivity contribution < 1.29 is 9.90 Å². The molecule has 0 radical (unpaired) electrons. The van der Waals surface area contributed by atoms with Crippen LogP contribution in [0.5, 0.6) is 0 Å². The fourth-order valence-electron chi connectivity index (χ4n) is 3.40. The summed E-state index contributed by atoms with van der Waals surface area (Å²) in [6.45, 7) is 3.92. The number of rotatable bonds is 1. The van der Waals surface area contributed by atoms with Crippen LogP contribution in [-0.4, -0.2) is 41.5 Å². The van der Waals surface area contributed by atoms with Gasteiger partial charge in [-0.05, 0) is 51.9 Å². The summed E-state index contributed by atoms with van der Waals surface area (Å²) in [6.07, 6.45) is 1.16. The van der Waals surface area contributed by atoms with Gasteiger partial charge >= 0.3 is 0 Å². The van der Waals surface area contributed by atoms with Gasteiger partial charge in [0, 0.05) is 0 Å². The van der Waals surface area contributed by atoms with Crippen molar-refractivity contribution in [3.05, 3.63) is 11.1 Å². The van der Waals surface area contributed by atoms with Crippen molar-refractivity contribution in [2.45, 2.75) is 38.3 Å². The number of likely N-dealkylation sites (N-methyl/N-ethyl adjacent to an activating group) is 1. The molecular formula is C12H19NO2. The minimum atomic E-state index is -0.465. The van der Waals surface area contributed by atoms with Gasteiger partial charge in [-0.1, -0.05) is 0 Å². The van der Waals surface area contributed by atoms with Gasteiger partial charge in [0.1, 0.15) is 0 Å². The van der Waals surface area contributed by atoms with Gasteiger partial charge in [-0.2, -0.15) is 0 Å². The van der Waals surface area contributed by atoms with Crippen LogP contribution in [-0.2, 0) is 4.79 Å². The molecule has 0 bridgehead atoms. The molecule has 84 valence electrons. The number of allylic oxidation sites excluding steroid dienone is 1. The Labute approximate surface area is 90.8 Å². The lowest BCUT2D eigenvalue weighted by Gasteiger charge is -2.38. The van der Waals surface area contributed by atoms with Gasteiger partial charge in [0.05, 0.1) is 17.6 Å². The van der Waals surface area contributed by atoms with E-state index in [1.165, 1.54) is 0 Å². The van der Waals surface area contributed by atoms with Crippen molar-refractivity contribution in [3.8, 4) is 0 Å². The molecule has 3 nitrogen and oxygen atoms in total. The molecule has 0 aromatic carbocycles. The number of carbonyl (C=O) groups is 1. The molecule has 3 heteroatoms. The molecular weight excluding hydrogens is 190 g/mol. The van der Waals surface area contributed by atoms with Crippen LogP contribution >= 0.6 is 0 Å². The van der Waals surface area contributed by atoms with E-state index in [4.69, 9.17) is 0 Å². The van der Waals surface area contributed by atoms with Crippen LogP contribution in [0.4, 0.5) is 0 Å². The Kier molecular flexibility index (Phi) is 2.28. The van der Waals surface area contributed by atoms with Crippen molar-refractivity contribution in [2.75, 3.05) is 14.1 Å². The number of aliphatic hydroxyl groups excluding tert-OH is 1. The monoisotopic (exact) mass is 209 g/mol. The first-order chi connectivity index (χ1) is 6.93. The first kappa shape index (κ1) is 10.8. The summed E-state index contributed by atoms with van der Waals surface area (Å²) in [5.74, 6) is -0.0845. The maximum absolute atomic E-state index is 12.1. The van der Waals surface area contributed by atoms with Crippen molar-refractivity contribution in [2.24, 2.45) is 5.92 Å². The van der Waals surface area contributed by atoms with E-state index in [1.807, 2.05) is 27.9 Å². The van der Waals surface area contributed by atoms with E-state index in [0.29, 0.717) is 0 Å². The highest BCUT2D eigenvalue weighted by atomic mass is 16.3. The third-order valence-electron chi connectivity index (χ3n) is 4.38. The fourth-order valence-corrected chi connectivity index (χ4v) is 3.40. The summed E-state index contributed by atoms with van der Waals surface area (Å²) in [5, 5.41) is 9.95. The second kappa shape index (κ2) is 3.16. The molecule has 0 saturated heterocycles. The first-order valence-electron chi connectivity index (χ1n) is 5.50. The number of fused-ring (bicyclic) bond motifs is 1. The van der Waals surface area contributed by atoms with Gasteiger partial charge in [-0.15, -0.1) is 0 Å². The smallest absolute Gasteiger partial charge is 0.166 e. The summed E-state index contributed by atoms with van der Waals surface area (Å²) in [6, 6.07) is 0. The maximum Gasteiger partial charge on any atom is 0.166 e. The van der Waals surface area contributed by atoms with Crippen LogP contribution < -0.4 is 0 Å². The van der Waals surface area contributed by atoms with E-state index in [9.17, 15) is 9.90 Å². The van der Waals surface area contributed by atoms with Crippen LogP contribution in [0.25, 0.3) is 0 Å². The van der Waals surface area contributed by atoms with Crippen molar-refractivity contribution >= 4 is 5.78 Å². The average molecular weight is 209 g/mol. The van der Waals surface area contributed by atoms with E-state index in [1.54, 1.807) is 0 Å². The van der Waals surface area contributed by atoms with Gasteiger partial charge in [0.25, 0.3) is 0 Å². The molecule has 0 aliphatic heterocycles. The number of aliphatic hydroxyl groups is 1. The molecule has 1 N–H and O–H groups in total. The van der Waals surface area contributed by atoms with E-state index >= 15 is 0 Å². The first-order valence-corrected chi connectivity index (χ1v) is 5.50. The molecule has 1 unspecified atom stereocenters. The third-order valence-corrected chi connectivity index (χ3v) is 4.38. The molecule has 0 spiro atoms. The predicted molar refractivity (Wildman–Crippen MR) is 58.5 cm³/mol. The summed E-state index contributed by atoms with van der Waals surface area (Å²) in [5.41, 5.74) is 1.80. The molecule has 0 heterocycles. The normalized spacial score (nSPS) is 40.5. The van der Waals surface area contributed by atoms with Crippen LogP contribution in [0.3, 0.4) is 0 Å². The second-order valence-electron chi connectivity index (χ2n) is 5.02. The molecule has 0 amide bonds. The summed E-state index contributed by atoms with van der Waals surface area (Å²) < 4.78 is 0. The molecule has 0 aromatic rings. The number of carbonyl (C=O) groups excluding carboxylic acids is 1. The van der Waals surface area contributed by atoms with Gasteiger partial charge in [-0.3, -0.25) is 9.69 Å². The number of hydrogen-bond acceptors (Lipinski definition) is 3. The minimum absolute atomic E-state index is 0.145. The summed E-state index contributed by atoms with van der Waals surface area (Å²) >= 11 is 0. The Bertz CT molecular complexity index is 346. The van der Waals surface area contributed by atoms with E-state index in [-0.39, 0.29) is 17.2 Å². The quantitative estimate of drug-likeness (QED) is 0.699. The van der Waals surface area contributed by atoms with Crippen LogP contribution in [0.1, 0.15) is 26.7 Å². The van der Waals surface area contributed by atoms with Gasteiger partial charge in [0.2, 0.25) is 0 Å². The molecule has 2 rings (SSSR count). The summed E-state index contributed by atoms with van der Waals surface area (Å²) in [4.78, 5) is 14.2. The van der Waals surface area contributed by atoms with Crippen molar-refractivity contribution in [3.63, 3.8) is 0 Å². The van der Waals surface area contributed by atoms with Crippen LogP contribution in [0, 0.1) is 5.92 Å². The van der Waals surface area contributed by atoms with Gasteiger partial charge < -0.3 is 5.11 Å². The van der Waals surface area contributed by atoms with Crippen LogP contribution in [0.2, 0.25) is 0 Å². The number of ketones is 1. The van der Waals surface area contributed by atoms with Crippen molar-refractivity contribution in [1.29, 1.82) is 0 Å².